The summed E-state index contributed by atoms with van der Waals surface area (Å²) in [6.07, 6.45) is 1.62. The van der Waals surface area contributed by atoms with Gasteiger partial charge < -0.3 is 24.1 Å². The Morgan fingerprint density at radius 2 is 1.70 bits per heavy atom. The molecule has 7 heteroatoms. The molecule has 0 radical (unpaired) electrons. The molecule has 5 rings (SSSR count). The van der Waals surface area contributed by atoms with Crippen molar-refractivity contribution in [2.24, 2.45) is 7.05 Å². The van der Waals surface area contributed by atoms with Crippen molar-refractivity contribution in [2.45, 2.75) is 38.3 Å². The number of esters is 1. The van der Waals surface area contributed by atoms with E-state index in [1.54, 1.807) is 17.7 Å². The lowest BCUT2D eigenvalue weighted by atomic mass is 9.85. The van der Waals surface area contributed by atoms with E-state index < -0.39 is 5.97 Å². The molecular weight excluding hydrogens is 504 g/mol. The first kappa shape index (κ1) is 27.6. The van der Waals surface area contributed by atoms with E-state index in [1.807, 2.05) is 45.2 Å². The highest BCUT2D eigenvalue weighted by molar-refractivity contribution is 5.96. The fraction of sp³-hybridized carbons (Fsp3) is 0.333. The lowest BCUT2D eigenvalue weighted by molar-refractivity contribution is -0.0947. The van der Waals surface area contributed by atoms with Crippen LogP contribution in [0, 0.1) is 6.92 Å². The quantitative estimate of drug-likeness (QED) is 0.284. The van der Waals surface area contributed by atoms with Crippen molar-refractivity contribution in [3.8, 4) is 11.3 Å². The largest absolute Gasteiger partial charge is 0.465 e. The molecular formula is C33H36N2O5. The number of fused-ring (bicyclic) bond motifs is 1. The molecule has 1 N–H and O–H groups in total. The summed E-state index contributed by atoms with van der Waals surface area (Å²) in [6, 6.07) is 21.5. The van der Waals surface area contributed by atoms with Gasteiger partial charge in [-0.3, -0.25) is 4.79 Å². The Labute approximate surface area is 234 Å². The van der Waals surface area contributed by atoms with Gasteiger partial charge in [0.1, 0.15) is 0 Å². The maximum absolute atomic E-state index is 13.6. The summed E-state index contributed by atoms with van der Waals surface area (Å²) in [7, 11) is 4.95. The molecule has 1 aromatic heterocycles. The summed E-state index contributed by atoms with van der Waals surface area (Å²) in [5.74, 6) is -0.403. The smallest absolute Gasteiger partial charge is 0.339 e. The lowest BCUT2D eigenvalue weighted by Gasteiger charge is -2.36. The molecule has 4 aromatic rings. The Balaban J connectivity index is 1.57. The summed E-state index contributed by atoms with van der Waals surface area (Å²) in [5, 5.41) is 5.01. The second-order valence-electron chi connectivity index (χ2n) is 10.5. The zero-order valence-corrected chi connectivity index (χ0v) is 23.7. The average Bonchev–Trinajstić information content (AvgIpc) is 2.99. The van der Waals surface area contributed by atoms with Crippen molar-refractivity contribution in [1.29, 1.82) is 0 Å². The number of ether oxygens (including phenoxy) is 3. The number of pyridine rings is 1. The van der Waals surface area contributed by atoms with Gasteiger partial charge in [0.15, 0.2) is 0 Å². The van der Waals surface area contributed by atoms with Crippen LogP contribution in [0.15, 0.2) is 71.5 Å². The highest BCUT2D eigenvalue weighted by atomic mass is 16.5. The van der Waals surface area contributed by atoms with Crippen LogP contribution < -0.4 is 10.9 Å². The van der Waals surface area contributed by atoms with Crippen LogP contribution in [0.3, 0.4) is 0 Å². The number of rotatable bonds is 7. The Hall–Kier alpha value is -3.94. The van der Waals surface area contributed by atoms with Crippen LogP contribution in [0.5, 0.6) is 0 Å². The molecule has 1 atom stereocenters. The summed E-state index contributed by atoms with van der Waals surface area (Å²) in [4.78, 5) is 26.0. The van der Waals surface area contributed by atoms with Gasteiger partial charge in [-0.1, -0.05) is 42.5 Å². The van der Waals surface area contributed by atoms with E-state index in [1.165, 1.54) is 7.11 Å². The molecule has 0 saturated carbocycles. The second-order valence-corrected chi connectivity index (χ2v) is 10.5. The number of para-hydroxylation sites is 1. The number of hydrogen-bond donors (Lipinski definition) is 1. The summed E-state index contributed by atoms with van der Waals surface area (Å²) < 4.78 is 18.2. The maximum atomic E-state index is 13.6. The fourth-order valence-electron chi connectivity index (χ4n) is 5.79. The van der Waals surface area contributed by atoms with E-state index in [2.05, 4.69) is 41.7 Å². The van der Waals surface area contributed by atoms with Crippen LogP contribution in [0.1, 0.15) is 52.9 Å². The monoisotopic (exact) mass is 540 g/mol. The SMILES string of the molecule is COC(=O)c1ccccc1NC(C)c1cc(C)cc2c(=O)n(C)c(-c3ccc(C4(OC)CCOCC4)cc3)cc12. The first-order valence-electron chi connectivity index (χ1n) is 13.6. The van der Waals surface area contributed by atoms with Crippen LogP contribution in [-0.2, 0) is 26.9 Å². The van der Waals surface area contributed by atoms with Crippen molar-refractivity contribution in [1.82, 2.24) is 4.57 Å². The van der Waals surface area contributed by atoms with E-state index in [0.717, 1.165) is 46.2 Å². The van der Waals surface area contributed by atoms with Crippen LogP contribution in [0.4, 0.5) is 5.69 Å². The molecule has 1 saturated heterocycles. The first-order chi connectivity index (χ1) is 19.3. The number of carbonyl (C=O) groups excluding carboxylic acids is 1. The van der Waals surface area contributed by atoms with E-state index in [0.29, 0.717) is 29.9 Å². The van der Waals surface area contributed by atoms with Crippen molar-refractivity contribution in [3.05, 3.63) is 99.3 Å². The molecule has 0 bridgehead atoms. The highest BCUT2D eigenvalue weighted by Crippen LogP contribution is 2.37. The molecule has 1 aliphatic heterocycles. The molecule has 3 aromatic carbocycles. The number of nitrogens with one attached hydrogen (secondary N) is 1. The van der Waals surface area contributed by atoms with E-state index >= 15 is 0 Å². The number of nitrogens with zero attached hydrogens (tertiary/aromatic N) is 1. The van der Waals surface area contributed by atoms with Gasteiger partial charge >= 0.3 is 5.97 Å². The summed E-state index contributed by atoms with van der Waals surface area (Å²) in [5.41, 5.74) is 5.60. The molecule has 7 nitrogen and oxygen atoms in total. The van der Waals surface area contributed by atoms with Gasteiger partial charge in [-0.05, 0) is 65.8 Å². The Kier molecular flexibility index (Phi) is 7.79. The minimum absolute atomic E-state index is 0.0542. The van der Waals surface area contributed by atoms with Gasteiger partial charge in [0, 0.05) is 57.3 Å². The Morgan fingerprint density at radius 3 is 2.38 bits per heavy atom. The number of methoxy groups -OCH3 is 2. The molecule has 208 valence electrons. The molecule has 0 amide bonds. The molecule has 1 unspecified atom stereocenters. The molecule has 1 aliphatic rings. The van der Waals surface area contributed by atoms with E-state index in [4.69, 9.17) is 14.2 Å². The predicted molar refractivity (Wildman–Crippen MR) is 158 cm³/mol. The van der Waals surface area contributed by atoms with Gasteiger partial charge in [-0.25, -0.2) is 4.79 Å². The number of anilines is 1. The minimum Gasteiger partial charge on any atom is -0.465 e. The lowest BCUT2D eigenvalue weighted by Crippen LogP contribution is -2.35. The second kappa shape index (κ2) is 11.3. The third-order valence-corrected chi connectivity index (χ3v) is 8.10. The molecule has 1 fully saturated rings. The summed E-state index contributed by atoms with van der Waals surface area (Å²) in [6.45, 7) is 5.37. The van der Waals surface area contributed by atoms with Gasteiger partial charge in [0.05, 0.1) is 24.0 Å². The highest BCUT2D eigenvalue weighted by Gasteiger charge is 2.34. The Bertz CT molecular complexity index is 1600. The maximum Gasteiger partial charge on any atom is 0.339 e. The number of hydrogen-bond acceptors (Lipinski definition) is 6. The van der Waals surface area contributed by atoms with Gasteiger partial charge in [0.2, 0.25) is 0 Å². The molecule has 2 heterocycles. The minimum atomic E-state index is -0.403. The fourth-order valence-corrected chi connectivity index (χ4v) is 5.79. The average molecular weight is 541 g/mol. The third kappa shape index (κ3) is 5.03. The number of aryl methyl sites for hydroxylation is 1. The van der Waals surface area contributed by atoms with Crippen molar-refractivity contribution in [3.63, 3.8) is 0 Å². The van der Waals surface area contributed by atoms with Crippen molar-refractivity contribution < 1.29 is 19.0 Å². The number of aromatic nitrogens is 1. The number of benzene rings is 3. The zero-order valence-electron chi connectivity index (χ0n) is 23.7. The van der Waals surface area contributed by atoms with Crippen LogP contribution >= 0.6 is 0 Å². The van der Waals surface area contributed by atoms with Crippen LogP contribution in [0.25, 0.3) is 22.0 Å². The molecule has 40 heavy (non-hydrogen) atoms. The van der Waals surface area contributed by atoms with E-state index in [9.17, 15) is 9.59 Å². The Morgan fingerprint density at radius 1 is 1.00 bits per heavy atom. The van der Waals surface area contributed by atoms with Crippen molar-refractivity contribution in [2.75, 3.05) is 32.8 Å². The predicted octanol–water partition coefficient (Wildman–Crippen LogP) is 6.13. The summed E-state index contributed by atoms with van der Waals surface area (Å²) >= 11 is 0. The number of carbonyl (C=O) groups is 1. The van der Waals surface area contributed by atoms with Crippen LogP contribution in [-0.4, -0.2) is 38.0 Å². The van der Waals surface area contributed by atoms with Crippen LogP contribution in [0.2, 0.25) is 0 Å². The topological polar surface area (TPSA) is 78.8 Å². The normalized spacial score (nSPS) is 15.5. The van der Waals surface area contributed by atoms with Gasteiger partial charge in [0.25, 0.3) is 5.56 Å². The van der Waals surface area contributed by atoms with Gasteiger partial charge in [-0.15, -0.1) is 0 Å². The molecule has 0 spiro atoms. The zero-order chi connectivity index (χ0) is 28.4. The van der Waals surface area contributed by atoms with E-state index in [-0.39, 0.29) is 17.2 Å². The van der Waals surface area contributed by atoms with Gasteiger partial charge in [-0.2, -0.15) is 0 Å². The van der Waals surface area contributed by atoms with Crippen molar-refractivity contribution >= 4 is 22.4 Å². The molecule has 0 aliphatic carbocycles. The third-order valence-electron chi connectivity index (χ3n) is 8.10. The standard InChI is InChI=1S/C33H36N2O5/c1-21-18-26(22(2)34-29-9-7-6-8-25(29)32(37)38-4)27-20-30(35(3)31(36)28(27)19-21)23-10-12-24(13-11-23)33(39-5)14-16-40-17-15-33/h6-13,18-20,22,34H,14-17H2,1-5H3. The first-order valence-corrected chi connectivity index (χ1v) is 13.6.